The van der Waals surface area contributed by atoms with E-state index in [0.29, 0.717) is 4.90 Å². The van der Waals surface area contributed by atoms with Crippen molar-refractivity contribution in [3.05, 3.63) is 24.3 Å². The van der Waals surface area contributed by atoms with Gasteiger partial charge in [0, 0.05) is 12.6 Å². The first-order valence-corrected chi connectivity index (χ1v) is 9.49. The van der Waals surface area contributed by atoms with E-state index < -0.39 is 9.84 Å². The fourth-order valence-corrected chi connectivity index (χ4v) is 3.91. The summed E-state index contributed by atoms with van der Waals surface area (Å²) in [5.74, 6) is 0.131. The van der Waals surface area contributed by atoms with E-state index in [4.69, 9.17) is 0 Å². The molecule has 1 N–H and O–H groups in total. The number of para-hydroxylation sites is 1. The number of anilines is 1. The Hall–Kier alpha value is -1.07. The van der Waals surface area contributed by atoms with Crippen LogP contribution in [0.25, 0.3) is 0 Å². The Morgan fingerprint density at radius 2 is 1.86 bits per heavy atom. The van der Waals surface area contributed by atoms with Gasteiger partial charge in [0.25, 0.3) is 0 Å². The van der Waals surface area contributed by atoms with Gasteiger partial charge >= 0.3 is 0 Å². The fourth-order valence-electron chi connectivity index (χ4n) is 2.85. The van der Waals surface area contributed by atoms with E-state index in [1.165, 1.54) is 19.3 Å². The van der Waals surface area contributed by atoms with Crippen LogP contribution in [-0.2, 0) is 9.84 Å². The van der Waals surface area contributed by atoms with Gasteiger partial charge < -0.3 is 10.2 Å². The molecule has 0 aliphatic carbocycles. The van der Waals surface area contributed by atoms with E-state index >= 15 is 0 Å². The van der Waals surface area contributed by atoms with E-state index in [1.54, 1.807) is 19.1 Å². The Balaban J connectivity index is 2.05. The third-order valence-corrected chi connectivity index (χ3v) is 5.77. The van der Waals surface area contributed by atoms with Crippen LogP contribution in [0.15, 0.2) is 29.2 Å². The summed E-state index contributed by atoms with van der Waals surface area (Å²) in [5, 5.41) is 3.38. The minimum absolute atomic E-state index is 0.131. The highest BCUT2D eigenvalue weighted by Crippen LogP contribution is 2.23. The highest BCUT2D eigenvalue weighted by atomic mass is 32.2. The summed E-state index contributed by atoms with van der Waals surface area (Å²) in [6, 6.07) is 7.44. The van der Waals surface area contributed by atoms with E-state index in [0.717, 1.165) is 25.3 Å². The van der Waals surface area contributed by atoms with Crippen LogP contribution in [0, 0.1) is 0 Å². The lowest BCUT2D eigenvalue weighted by molar-refractivity contribution is 0.223. The molecule has 0 amide bonds. The molecule has 0 radical (unpaired) electrons. The van der Waals surface area contributed by atoms with Gasteiger partial charge in [-0.1, -0.05) is 25.5 Å². The van der Waals surface area contributed by atoms with Crippen LogP contribution >= 0.6 is 0 Å². The van der Waals surface area contributed by atoms with Gasteiger partial charge in [0.1, 0.15) is 0 Å². The molecule has 1 aromatic rings. The number of rotatable bonds is 6. The monoisotopic (exact) mass is 310 g/mol. The molecule has 1 heterocycles. The van der Waals surface area contributed by atoms with Crippen LogP contribution in [0.2, 0.25) is 0 Å². The Morgan fingerprint density at radius 1 is 1.19 bits per heavy atom. The molecule has 118 valence electrons. The minimum atomic E-state index is -3.18. The van der Waals surface area contributed by atoms with Gasteiger partial charge in [0.2, 0.25) is 0 Å². The number of hydrogen-bond acceptors (Lipinski definition) is 4. The number of piperidine rings is 1. The molecule has 21 heavy (non-hydrogen) atoms. The van der Waals surface area contributed by atoms with Gasteiger partial charge in [-0.25, -0.2) is 8.42 Å². The summed E-state index contributed by atoms with van der Waals surface area (Å²) in [4.78, 5) is 2.87. The number of likely N-dealkylation sites (tertiary alicyclic amines) is 1. The van der Waals surface area contributed by atoms with Gasteiger partial charge in [-0.3, -0.25) is 0 Å². The van der Waals surface area contributed by atoms with Crippen molar-refractivity contribution in [1.29, 1.82) is 0 Å². The number of nitrogens with one attached hydrogen (secondary N) is 1. The average Bonchev–Trinajstić information content (AvgIpc) is 2.48. The highest BCUT2D eigenvalue weighted by molar-refractivity contribution is 7.91. The van der Waals surface area contributed by atoms with E-state index in [-0.39, 0.29) is 11.8 Å². The number of sulfone groups is 1. The number of hydrogen-bond donors (Lipinski definition) is 1. The van der Waals surface area contributed by atoms with Crippen LogP contribution in [0.3, 0.4) is 0 Å². The first-order valence-electron chi connectivity index (χ1n) is 7.83. The maximum absolute atomic E-state index is 12.1. The summed E-state index contributed by atoms with van der Waals surface area (Å²) >= 11 is 0. The molecule has 1 aliphatic rings. The molecule has 1 unspecified atom stereocenters. The Kier molecular flexibility index (Phi) is 5.65. The molecule has 4 nitrogen and oxygen atoms in total. The molecule has 1 fully saturated rings. The quantitative estimate of drug-likeness (QED) is 0.878. The van der Waals surface area contributed by atoms with Crippen molar-refractivity contribution in [2.24, 2.45) is 0 Å². The highest BCUT2D eigenvalue weighted by Gasteiger charge is 2.18. The zero-order valence-corrected chi connectivity index (χ0v) is 13.8. The fraction of sp³-hybridized carbons (Fsp3) is 0.625. The molecule has 1 saturated heterocycles. The molecule has 1 aromatic carbocycles. The Labute approximate surface area is 128 Å². The standard InChI is InChI=1S/C16H26N2O2S/c1-3-21(19,20)16-10-6-5-9-15(16)17-14(2)13-18-11-7-4-8-12-18/h5-6,9-10,14,17H,3-4,7-8,11-13H2,1-2H3. The second-order valence-electron chi connectivity index (χ2n) is 5.81. The molecular weight excluding hydrogens is 284 g/mol. The predicted octanol–water partition coefficient (Wildman–Crippen LogP) is 2.77. The van der Waals surface area contributed by atoms with Crippen molar-refractivity contribution in [3.8, 4) is 0 Å². The van der Waals surface area contributed by atoms with Gasteiger partial charge in [-0.05, 0) is 45.0 Å². The van der Waals surface area contributed by atoms with E-state index in [9.17, 15) is 8.42 Å². The average molecular weight is 310 g/mol. The predicted molar refractivity (Wildman–Crippen MR) is 87.5 cm³/mol. The van der Waals surface area contributed by atoms with Crippen molar-refractivity contribution >= 4 is 15.5 Å². The summed E-state index contributed by atoms with van der Waals surface area (Å²) in [7, 11) is -3.18. The topological polar surface area (TPSA) is 49.4 Å². The van der Waals surface area contributed by atoms with Crippen molar-refractivity contribution in [2.45, 2.75) is 44.0 Å². The molecule has 0 spiro atoms. The second-order valence-corrected chi connectivity index (χ2v) is 8.05. The van der Waals surface area contributed by atoms with Crippen LogP contribution in [0.1, 0.15) is 33.1 Å². The first kappa shape index (κ1) is 16.3. The zero-order chi connectivity index (χ0) is 15.3. The molecule has 0 saturated carbocycles. The molecule has 0 aromatic heterocycles. The molecule has 0 bridgehead atoms. The number of benzene rings is 1. The second kappa shape index (κ2) is 7.27. The van der Waals surface area contributed by atoms with Crippen LogP contribution < -0.4 is 5.32 Å². The summed E-state index contributed by atoms with van der Waals surface area (Å²) in [6.07, 6.45) is 3.87. The maximum atomic E-state index is 12.1. The molecular formula is C16H26N2O2S. The lowest BCUT2D eigenvalue weighted by atomic mass is 10.1. The Morgan fingerprint density at radius 3 is 2.52 bits per heavy atom. The van der Waals surface area contributed by atoms with Crippen molar-refractivity contribution in [1.82, 2.24) is 4.90 Å². The molecule has 1 atom stereocenters. The van der Waals surface area contributed by atoms with Gasteiger partial charge in [0.05, 0.1) is 16.3 Å². The number of nitrogens with zero attached hydrogens (tertiary/aromatic N) is 1. The van der Waals surface area contributed by atoms with Gasteiger partial charge in [-0.15, -0.1) is 0 Å². The van der Waals surface area contributed by atoms with Crippen LogP contribution in [0.4, 0.5) is 5.69 Å². The largest absolute Gasteiger partial charge is 0.380 e. The minimum Gasteiger partial charge on any atom is -0.380 e. The molecule has 1 aliphatic heterocycles. The van der Waals surface area contributed by atoms with E-state index in [2.05, 4.69) is 17.1 Å². The Bertz CT molecular complexity index is 551. The van der Waals surface area contributed by atoms with Crippen molar-refractivity contribution in [3.63, 3.8) is 0 Å². The SMILES string of the molecule is CCS(=O)(=O)c1ccccc1NC(C)CN1CCCCC1. The normalized spacial score (nSPS) is 18.4. The van der Waals surface area contributed by atoms with Gasteiger partial charge in [0.15, 0.2) is 9.84 Å². The van der Waals surface area contributed by atoms with Crippen LogP contribution in [-0.4, -0.2) is 44.7 Å². The van der Waals surface area contributed by atoms with Crippen LogP contribution in [0.5, 0.6) is 0 Å². The smallest absolute Gasteiger partial charge is 0.180 e. The van der Waals surface area contributed by atoms with Gasteiger partial charge in [-0.2, -0.15) is 0 Å². The third kappa shape index (κ3) is 4.45. The lowest BCUT2D eigenvalue weighted by Crippen LogP contribution is -2.38. The van der Waals surface area contributed by atoms with Crippen molar-refractivity contribution < 1.29 is 8.42 Å². The van der Waals surface area contributed by atoms with E-state index in [1.807, 2.05) is 12.1 Å². The summed E-state index contributed by atoms with van der Waals surface area (Å²) in [5.41, 5.74) is 0.726. The summed E-state index contributed by atoms with van der Waals surface area (Å²) < 4.78 is 24.3. The first-order chi connectivity index (χ1) is 10.0. The van der Waals surface area contributed by atoms with Crippen molar-refractivity contribution in [2.75, 3.05) is 30.7 Å². The molecule has 2 rings (SSSR count). The molecule has 5 heteroatoms. The maximum Gasteiger partial charge on any atom is 0.180 e. The summed E-state index contributed by atoms with van der Waals surface area (Å²) in [6.45, 7) is 7.07. The lowest BCUT2D eigenvalue weighted by Gasteiger charge is -2.30. The third-order valence-electron chi connectivity index (χ3n) is 3.98. The zero-order valence-electron chi connectivity index (χ0n) is 13.0.